The van der Waals surface area contributed by atoms with Gasteiger partial charge in [0.2, 0.25) is 0 Å². The molecule has 0 unspecified atom stereocenters. The minimum absolute atomic E-state index is 0.0475. The molecule has 0 fully saturated rings. The maximum Gasteiger partial charge on any atom is 0.296 e. The van der Waals surface area contributed by atoms with Crippen LogP contribution in [0.3, 0.4) is 0 Å². The van der Waals surface area contributed by atoms with Gasteiger partial charge in [-0.15, -0.1) is 0 Å². The highest BCUT2D eigenvalue weighted by molar-refractivity contribution is 5.95. The molecule has 0 aliphatic heterocycles. The van der Waals surface area contributed by atoms with Crippen LogP contribution < -0.4 is 0 Å². The van der Waals surface area contributed by atoms with E-state index in [2.05, 4.69) is 4.42 Å². The number of halogens is 2. The minimum atomic E-state index is -2.76. The van der Waals surface area contributed by atoms with E-state index in [4.69, 9.17) is 0 Å². The highest BCUT2D eigenvalue weighted by Crippen LogP contribution is 2.24. The fraction of sp³-hybridized carbons (Fsp3) is 0.500. The number of hydrogen-bond donors (Lipinski definition) is 0. The zero-order valence-corrected chi connectivity index (χ0v) is 8.67. The normalized spacial score (nSPS) is 10.7. The number of nitrogens with zero attached hydrogens (tertiary/aromatic N) is 1. The van der Waals surface area contributed by atoms with Crippen LogP contribution in [-0.2, 0) is 0 Å². The fourth-order valence-corrected chi connectivity index (χ4v) is 1.35. The van der Waals surface area contributed by atoms with Crippen molar-refractivity contribution in [2.75, 3.05) is 13.1 Å². The molecule has 1 amide bonds. The SMILES string of the molecule is CCN(CC)C(=O)c1ccoc1C(F)F. The van der Waals surface area contributed by atoms with Crippen LogP contribution in [0.4, 0.5) is 8.78 Å². The van der Waals surface area contributed by atoms with Crippen LogP contribution in [-0.4, -0.2) is 23.9 Å². The molecular formula is C10H13F2NO2. The second-order valence-corrected chi connectivity index (χ2v) is 2.98. The number of carbonyl (C=O) groups is 1. The Balaban J connectivity index is 2.95. The van der Waals surface area contributed by atoms with Gasteiger partial charge >= 0.3 is 0 Å². The maximum atomic E-state index is 12.4. The molecule has 0 saturated heterocycles. The first-order valence-corrected chi connectivity index (χ1v) is 4.76. The van der Waals surface area contributed by atoms with Crippen LogP contribution in [0.5, 0.6) is 0 Å². The second-order valence-electron chi connectivity index (χ2n) is 2.98. The average molecular weight is 217 g/mol. The van der Waals surface area contributed by atoms with Gasteiger partial charge in [-0.05, 0) is 19.9 Å². The molecule has 0 bridgehead atoms. The predicted molar refractivity (Wildman–Crippen MR) is 50.9 cm³/mol. The molecule has 3 nitrogen and oxygen atoms in total. The smallest absolute Gasteiger partial charge is 0.296 e. The maximum absolute atomic E-state index is 12.4. The Hall–Kier alpha value is -1.39. The van der Waals surface area contributed by atoms with E-state index in [0.29, 0.717) is 13.1 Å². The number of amides is 1. The quantitative estimate of drug-likeness (QED) is 0.776. The summed E-state index contributed by atoms with van der Waals surface area (Å²) in [5.74, 6) is -0.962. The fourth-order valence-electron chi connectivity index (χ4n) is 1.35. The summed E-state index contributed by atoms with van der Waals surface area (Å²) in [5, 5.41) is 0. The van der Waals surface area contributed by atoms with Crippen molar-refractivity contribution in [2.24, 2.45) is 0 Å². The molecule has 0 spiro atoms. The Morgan fingerprint density at radius 3 is 2.53 bits per heavy atom. The molecule has 0 aromatic carbocycles. The Morgan fingerprint density at radius 1 is 1.47 bits per heavy atom. The summed E-state index contributed by atoms with van der Waals surface area (Å²) in [6.07, 6.45) is -1.65. The summed E-state index contributed by atoms with van der Waals surface area (Å²) in [5.41, 5.74) is -0.0475. The summed E-state index contributed by atoms with van der Waals surface area (Å²) < 4.78 is 29.4. The van der Waals surface area contributed by atoms with E-state index in [1.54, 1.807) is 13.8 Å². The molecule has 1 heterocycles. The van der Waals surface area contributed by atoms with Gasteiger partial charge in [0.1, 0.15) is 0 Å². The molecule has 0 radical (unpaired) electrons. The Labute approximate surface area is 86.7 Å². The number of carbonyl (C=O) groups excluding carboxylic acids is 1. The molecule has 0 saturated carbocycles. The first-order chi connectivity index (χ1) is 7.11. The lowest BCUT2D eigenvalue weighted by Crippen LogP contribution is -2.30. The first kappa shape index (κ1) is 11.7. The highest BCUT2D eigenvalue weighted by Gasteiger charge is 2.24. The number of hydrogen-bond acceptors (Lipinski definition) is 2. The standard InChI is InChI=1S/C10H13F2NO2/c1-3-13(4-2)10(14)7-5-6-15-8(7)9(11)12/h5-6,9H,3-4H2,1-2H3. The summed E-state index contributed by atoms with van der Waals surface area (Å²) >= 11 is 0. The van der Waals surface area contributed by atoms with Gasteiger partial charge in [0.25, 0.3) is 12.3 Å². The van der Waals surface area contributed by atoms with Gasteiger partial charge < -0.3 is 9.32 Å². The van der Waals surface area contributed by atoms with E-state index in [1.165, 1.54) is 11.0 Å². The largest absolute Gasteiger partial charge is 0.462 e. The molecule has 0 atom stereocenters. The van der Waals surface area contributed by atoms with Crippen molar-refractivity contribution in [1.82, 2.24) is 4.90 Å². The van der Waals surface area contributed by atoms with Crippen molar-refractivity contribution >= 4 is 5.91 Å². The van der Waals surface area contributed by atoms with E-state index in [-0.39, 0.29) is 5.56 Å². The summed E-state index contributed by atoms with van der Waals surface area (Å²) in [4.78, 5) is 13.2. The van der Waals surface area contributed by atoms with Crippen molar-refractivity contribution in [1.29, 1.82) is 0 Å². The molecule has 84 valence electrons. The van der Waals surface area contributed by atoms with Crippen LogP contribution in [0.25, 0.3) is 0 Å². The lowest BCUT2D eigenvalue weighted by Gasteiger charge is -2.18. The lowest BCUT2D eigenvalue weighted by molar-refractivity contribution is 0.0748. The van der Waals surface area contributed by atoms with Gasteiger partial charge in [-0.1, -0.05) is 0 Å². The van der Waals surface area contributed by atoms with Crippen LogP contribution in [0.2, 0.25) is 0 Å². The molecule has 1 aromatic rings. The minimum Gasteiger partial charge on any atom is -0.462 e. The third kappa shape index (κ3) is 2.34. The average Bonchev–Trinajstić information content (AvgIpc) is 2.67. The van der Waals surface area contributed by atoms with Gasteiger partial charge in [-0.2, -0.15) is 0 Å². The van der Waals surface area contributed by atoms with Crippen LogP contribution in [0.15, 0.2) is 16.7 Å². The van der Waals surface area contributed by atoms with E-state index in [1.807, 2.05) is 0 Å². The van der Waals surface area contributed by atoms with Gasteiger partial charge in [-0.3, -0.25) is 4.79 Å². The third-order valence-corrected chi connectivity index (χ3v) is 2.17. The number of rotatable bonds is 4. The molecular weight excluding hydrogens is 204 g/mol. The van der Waals surface area contributed by atoms with Crippen molar-refractivity contribution in [3.63, 3.8) is 0 Å². The molecule has 1 aromatic heterocycles. The van der Waals surface area contributed by atoms with Gasteiger partial charge in [0.15, 0.2) is 5.76 Å². The molecule has 0 N–H and O–H groups in total. The van der Waals surface area contributed by atoms with Crippen molar-refractivity contribution in [3.05, 3.63) is 23.7 Å². The van der Waals surface area contributed by atoms with Crippen LogP contribution in [0.1, 0.15) is 36.4 Å². The topological polar surface area (TPSA) is 33.5 Å². The highest BCUT2D eigenvalue weighted by atomic mass is 19.3. The van der Waals surface area contributed by atoms with E-state index in [0.717, 1.165) is 6.26 Å². The molecule has 0 aliphatic carbocycles. The summed E-state index contributed by atoms with van der Waals surface area (Å²) in [7, 11) is 0. The predicted octanol–water partition coefficient (Wildman–Crippen LogP) is 2.70. The summed E-state index contributed by atoms with van der Waals surface area (Å²) in [6.45, 7) is 4.57. The monoisotopic (exact) mass is 217 g/mol. The van der Waals surface area contributed by atoms with Crippen molar-refractivity contribution < 1.29 is 18.0 Å². The number of furan rings is 1. The van der Waals surface area contributed by atoms with Crippen LogP contribution in [0, 0.1) is 0 Å². The molecule has 0 aliphatic rings. The lowest BCUT2D eigenvalue weighted by atomic mass is 10.2. The van der Waals surface area contributed by atoms with Gasteiger partial charge in [0, 0.05) is 13.1 Å². The number of alkyl halides is 2. The zero-order chi connectivity index (χ0) is 11.4. The molecule has 5 heteroatoms. The van der Waals surface area contributed by atoms with Gasteiger partial charge in [0.05, 0.1) is 11.8 Å². The molecule has 15 heavy (non-hydrogen) atoms. The van der Waals surface area contributed by atoms with Crippen molar-refractivity contribution in [3.8, 4) is 0 Å². The van der Waals surface area contributed by atoms with E-state index in [9.17, 15) is 13.6 Å². The van der Waals surface area contributed by atoms with Gasteiger partial charge in [-0.25, -0.2) is 8.78 Å². The Kier molecular flexibility index (Phi) is 3.82. The van der Waals surface area contributed by atoms with E-state index < -0.39 is 18.1 Å². The first-order valence-electron chi connectivity index (χ1n) is 4.76. The van der Waals surface area contributed by atoms with Crippen LogP contribution >= 0.6 is 0 Å². The van der Waals surface area contributed by atoms with Crippen molar-refractivity contribution in [2.45, 2.75) is 20.3 Å². The Morgan fingerprint density at radius 2 is 2.07 bits per heavy atom. The van der Waals surface area contributed by atoms with E-state index >= 15 is 0 Å². The zero-order valence-electron chi connectivity index (χ0n) is 8.67. The second kappa shape index (κ2) is 4.91. The summed E-state index contributed by atoms with van der Waals surface area (Å²) in [6, 6.07) is 1.28. The third-order valence-electron chi connectivity index (χ3n) is 2.17. The molecule has 1 rings (SSSR count). The Bertz CT molecular complexity index is 332.